The van der Waals surface area contributed by atoms with E-state index in [-0.39, 0.29) is 0 Å². The summed E-state index contributed by atoms with van der Waals surface area (Å²) >= 11 is 5.73. The van der Waals surface area contributed by atoms with Gasteiger partial charge in [0.05, 0.1) is 16.1 Å². The number of thiol groups is 1. The van der Waals surface area contributed by atoms with Crippen LogP contribution in [0.15, 0.2) is 66.2 Å². The second-order valence-electron chi connectivity index (χ2n) is 6.04. The molecule has 0 bridgehead atoms. The van der Waals surface area contributed by atoms with Gasteiger partial charge in [0.25, 0.3) is 0 Å². The topological polar surface area (TPSA) is 50.2 Å². The molecule has 2 aromatic carbocycles. The average Bonchev–Trinajstić information content (AvgIpc) is 3.19. The molecule has 5 heteroatoms. The van der Waals surface area contributed by atoms with Crippen LogP contribution in [-0.2, 0) is 4.79 Å². The normalized spacial score (nSPS) is 10.1. The highest BCUT2D eigenvalue weighted by molar-refractivity contribution is 7.80. The first-order chi connectivity index (χ1) is 13.2. The third kappa shape index (κ3) is 7.57. The summed E-state index contributed by atoms with van der Waals surface area (Å²) in [6.07, 6.45) is 4.35. The quantitative estimate of drug-likeness (QED) is 0.339. The third-order valence-electron chi connectivity index (χ3n) is 3.95. The Morgan fingerprint density at radius 2 is 1.48 bits per heavy atom. The Bertz CT molecular complexity index is 734. The lowest BCUT2D eigenvalue weighted by Gasteiger charge is -2.02. The zero-order chi connectivity index (χ0) is 19.3. The van der Waals surface area contributed by atoms with Crippen molar-refractivity contribution < 1.29 is 9.90 Å². The van der Waals surface area contributed by atoms with Gasteiger partial charge in [-0.1, -0.05) is 73.5 Å². The summed E-state index contributed by atoms with van der Waals surface area (Å²) in [5.41, 5.74) is 5.38. The Kier molecular flexibility index (Phi) is 9.66. The van der Waals surface area contributed by atoms with Crippen molar-refractivity contribution in [2.45, 2.75) is 32.1 Å². The molecule has 0 radical (unpaired) electrons. The van der Waals surface area contributed by atoms with Gasteiger partial charge in [-0.3, -0.25) is 4.79 Å². The molecule has 1 heterocycles. The molecule has 0 saturated heterocycles. The predicted octanol–water partition coefficient (Wildman–Crippen LogP) is 6.43. The van der Waals surface area contributed by atoms with Gasteiger partial charge < -0.3 is 5.11 Å². The van der Waals surface area contributed by atoms with Crippen LogP contribution >= 0.6 is 24.0 Å². The van der Waals surface area contributed by atoms with Crippen molar-refractivity contribution in [2.24, 2.45) is 0 Å². The SMILES string of the molecule is O=C(O)CCCCCCS.c1ccc(-c2ncsc2-c2ccccc2)cc1. The van der Waals surface area contributed by atoms with Crippen molar-refractivity contribution in [3.63, 3.8) is 0 Å². The van der Waals surface area contributed by atoms with E-state index in [1.165, 1.54) is 16.0 Å². The minimum absolute atomic E-state index is 0.312. The Balaban J connectivity index is 0.000000227. The zero-order valence-corrected chi connectivity index (χ0v) is 17.0. The first-order valence-corrected chi connectivity index (χ1v) is 10.6. The molecule has 1 N–H and O–H groups in total. The summed E-state index contributed by atoms with van der Waals surface area (Å²) in [5, 5.41) is 8.25. The molecule has 0 atom stereocenters. The minimum atomic E-state index is -0.689. The molecule has 3 rings (SSSR count). The fourth-order valence-corrected chi connectivity index (χ4v) is 3.63. The van der Waals surface area contributed by atoms with E-state index in [4.69, 9.17) is 5.11 Å². The Morgan fingerprint density at radius 3 is 2.07 bits per heavy atom. The monoisotopic (exact) mass is 399 g/mol. The van der Waals surface area contributed by atoms with Crippen LogP contribution in [0.25, 0.3) is 21.7 Å². The molecule has 3 aromatic rings. The highest BCUT2D eigenvalue weighted by atomic mass is 32.1. The van der Waals surface area contributed by atoms with Crippen LogP contribution in [-0.4, -0.2) is 21.8 Å². The summed E-state index contributed by atoms with van der Waals surface area (Å²) in [6.45, 7) is 0. The van der Waals surface area contributed by atoms with Gasteiger partial charge in [-0.25, -0.2) is 4.98 Å². The van der Waals surface area contributed by atoms with E-state index in [1.54, 1.807) is 11.3 Å². The van der Waals surface area contributed by atoms with E-state index >= 15 is 0 Å². The first kappa shape index (κ1) is 21.2. The Hall–Kier alpha value is -2.11. The van der Waals surface area contributed by atoms with Crippen LogP contribution < -0.4 is 0 Å². The predicted molar refractivity (Wildman–Crippen MR) is 118 cm³/mol. The van der Waals surface area contributed by atoms with Crippen molar-refractivity contribution in [3.8, 4) is 21.7 Å². The summed E-state index contributed by atoms with van der Waals surface area (Å²) in [4.78, 5) is 15.7. The number of carboxylic acid groups (broad SMARTS) is 1. The molecular formula is C22H25NO2S2. The number of benzene rings is 2. The van der Waals surface area contributed by atoms with Crippen molar-refractivity contribution in [3.05, 3.63) is 66.2 Å². The Morgan fingerprint density at radius 1 is 0.889 bits per heavy atom. The molecule has 142 valence electrons. The lowest BCUT2D eigenvalue weighted by Crippen LogP contribution is -1.93. The lowest BCUT2D eigenvalue weighted by atomic mass is 10.1. The number of nitrogens with zero attached hydrogens (tertiary/aromatic N) is 1. The van der Waals surface area contributed by atoms with Crippen LogP contribution in [0.5, 0.6) is 0 Å². The summed E-state index contributed by atoms with van der Waals surface area (Å²) in [7, 11) is 0. The molecule has 27 heavy (non-hydrogen) atoms. The van der Waals surface area contributed by atoms with Gasteiger partial charge in [-0.15, -0.1) is 11.3 Å². The smallest absolute Gasteiger partial charge is 0.303 e. The average molecular weight is 400 g/mol. The van der Waals surface area contributed by atoms with Crippen LogP contribution in [0, 0.1) is 0 Å². The molecule has 1 aromatic heterocycles. The summed E-state index contributed by atoms with van der Waals surface area (Å²) < 4.78 is 0. The maximum Gasteiger partial charge on any atom is 0.303 e. The highest BCUT2D eigenvalue weighted by Crippen LogP contribution is 2.34. The van der Waals surface area contributed by atoms with E-state index in [9.17, 15) is 4.79 Å². The van der Waals surface area contributed by atoms with E-state index in [2.05, 4.69) is 54.0 Å². The molecule has 0 unspecified atom stereocenters. The number of aromatic nitrogens is 1. The van der Waals surface area contributed by atoms with Crippen LogP contribution in [0.1, 0.15) is 32.1 Å². The van der Waals surface area contributed by atoms with Gasteiger partial charge in [0.2, 0.25) is 0 Å². The summed E-state index contributed by atoms with van der Waals surface area (Å²) in [5.74, 6) is 0.221. The number of carbonyl (C=O) groups is 1. The molecule has 0 amide bonds. The van der Waals surface area contributed by atoms with Crippen LogP contribution in [0.3, 0.4) is 0 Å². The van der Waals surface area contributed by atoms with E-state index in [0.29, 0.717) is 6.42 Å². The van der Waals surface area contributed by atoms with E-state index < -0.39 is 5.97 Å². The molecule has 0 aliphatic rings. The molecule has 0 fully saturated rings. The van der Waals surface area contributed by atoms with Crippen molar-refractivity contribution in [2.75, 3.05) is 5.75 Å². The van der Waals surface area contributed by atoms with Crippen molar-refractivity contribution >= 4 is 29.9 Å². The second-order valence-corrected chi connectivity index (χ2v) is 7.35. The third-order valence-corrected chi connectivity index (χ3v) is 5.14. The highest BCUT2D eigenvalue weighted by Gasteiger charge is 2.09. The molecule has 0 aliphatic carbocycles. The van der Waals surface area contributed by atoms with Gasteiger partial charge in [0, 0.05) is 12.0 Å². The van der Waals surface area contributed by atoms with E-state index in [0.717, 1.165) is 37.1 Å². The van der Waals surface area contributed by atoms with E-state index in [1.807, 2.05) is 29.8 Å². The number of carboxylic acids is 1. The molecule has 0 spiro atoms. The summed E-state index contributed by atoms with van der Waals surface area (Å²) in [6, 6.07) is 20.7. The standard InChI is InChI=1S/C15H11NS.C7H14O2S/c1-3-7-12(8-4-1)14-15(17-11-16-14)13-9-5-2-6-10-13;8-7(9)5-3-1-2-4-6-10/h1-11H;10H,1-6H2,(H,8,9). The molecular weight excluding hydrogens is 374 g/mol. The van der Waals surface area contributed by atoms with Gasteiger partial charge in [-0.05, 0) is 24.2 Å². The number of rotatable bonds is 8. The number of hydrogen-bond acceptors (Lipinski definition) is 4. The van der Waals surface area contributed by atoms with Crippen molar-refractivity contribution in [1.29, 1.82) is 0 Å². The minimum Gasteiger partial charge on any atom is -0.481 e. The van der Waals surface area contributed by atoms with Crippen molar-refractivity contribution in [1.82, 2.24) is 4.98 Å². The van der Waals surface area contributed by atoms with Gasteiger partial charge in [-0.2, -0.15) is 12.6 Å². The Labute approximate surface area is 170 Å². The fourth-order valence-electron chi connectivity index (χ4n) is 2.58. The zero-order valence-electron chi connectivity index (χ0n) is 15.3. The second kappa shape index (κ2) is 12.3. The van der Waals surface area contributed by atoms with Crippen LogP contribution in [0.4, 0.5) is 0 Å². The first-order valence-electron chi connectivity index (χ1n) is 9.09. The maximum absolute atomic E-state index is 10.0. The largest absolute Gasteiger partial charge is 0.481 e. The van der Waals surface area contributed by atoms with Gasteiger partial charge in [0.1, 0.15) is 0 Å². The van der Waals surface area contributed by atoms with Gasteiger partial charge in [0.15, 0.2) is 0 Å². The number of thiazole rings is 1. The molecule has 0 saturated carbocycles. The number of hydrogen-bond donors (Lipinski definition) is 2. The molecule has 0 aliphatic heterocycles. The maximum atomic E-state index is 10.0. The number of aliphatic carboxylic acids is 1. The van der Waals surface area contributed by atoms with Crippen LogP contribution in [0.2, 0.25) is 0 Å². The fraction of sp³-hybridized carbons (Fsp3) is 0.273. The molecule has 3 nitrogen and oxygen atoms in total. The number of unbranched alkanes of at least 4 members (excludes halogenated alkanes) is 3. The lowest BCUT2D eigenvalue weighted by molar-refractivity contribution is -0.137. The van der Waals surface area contributed by atoms with Gasteiger partial charge >= 0.3 is 5.97 Å².